The van der Waals surface area contributed by atoms with Gasteiger partial charge in [0.05, 0.1) is 13.2 Å². The summed E-state index contributed by atoms with van der Waals surface area (Å²) < 4.78 is 5.03. The third kappa shape index (κ3) is 1.76. The van der Waals surface area contributed by atoms with Crippen molar-refractivity contribution in [2.24, 2.45) is 0 Å². The topological polar surface area (TPSA) is 49.8 Å². The zero-order valence-corrected chi connectivity index (χ0v) is 5.69. The molecule has 0 radical (unpaired) electrons. The lowest BCUT2D eigenvalue weighted by molar-refractivity contribution is -0.128. The molecule has 0 aromatic rings. The number of morpholine rings is 1. The van der Waals surface area contributed by atoms with Crippen molar-refractivity contribution in [3.63, 3.8) is 0 Å². The summed E-state index contributed by atoms with van der Waals surface area (Å²) in [7, 11) is 0. The maximum absolute atomic E-state index is 10.1. The lowest BCUT2D eigenvalue weighted by Gasteiger charge is -2.27. The molecule has 0 aromatic heterocycles. The van der Waals surface area contributed by atoms with Gasteiger partial charge in [0.25, 0.3) is 0 Å². The molecule has 0 saturated carbocycles. The van der Waals surface area contributed by atoms with Crippen LogP contribution in [-0.2, 0) is 9.53 Å². The molecule has 1 unspecified atom stereocenters. The van der Waals surface area contributed by atoms with E-state index in [1.165, 1.54) is 0 Å². The number of carbonyl (C=O) groups is 1. The molecule has 1 fully saturated rings. The highest BCUT2D eigenvalue weighted by atomic mass is 16.5. The summed E-state index contributed by atoms with van der Waals surface area (Å²) in [6, 6.07) is 0. The van der Waals surface area contributed by atoms with Crippen molar-refractivity contribution in [1.82, 2.24) is 4.90 Å². The second kappa shape index (κ2) is 3.65. The molecule has 1 aliphatic heterocycles. The maximum Gasteiger partial charge on any atom is 0.164 e. The van der Waals surface area contributed by atoms with Crippen molar-refractivity contribution in [3.8, 4) is 0 Å². The van der Waals surface area contributed by atoms with E-state index in [0.717, 1.165) is 0 Å². The minimum absolute atomic E-state index is 0.533. The van der Waals surface area contributed by atoms with Gasteiger partial charge < -0.3 is 9.84 Å². The average Bonchev–Trinajstić information content (AvgIpc) is 2.05. The van der Waals surface area contributed by atoms with E-state index in [1.807, 2.05) is 0 Å². The van der Waals surface area contributed by atoms with E-state index in [1.54, 1.807) is 4.90 Å². The fraction of sp³-hybridized carbons (Fsp3) is 0.833. The number of nitrogens with zero attached hydrogens (tertiary/aromatic N) is 1. The molecule has 0 amide bonds. The third-order valence-corrected chi connectivity index (χ3v) is 1.54. The molecular formula is C6H11NO3. The summed E-state index contributed by atoms with van der Waals surface area (Å²) in [4.78, 5) is 11.7. The predicted molar refractivity (Wildman–Crippen MR) is 34.5 cm³/mol. The zero-order valence-electron chi connectivity index (χ0n) is 5.69. The first-order chi connectivity index (χ1) is 4.84. The highest BCUT2D eigenvalue weighted by molar-refractivity contribution is 5.54. The lowest BCUT2D eigenvalue weighted by atomic mass is 10.4. The van der Waals surface area contributed by atoms with Crippen LogP contribution in [0.2, 0.25) is 0 Å². The summed E-state index contributed by atoms with van der Waals surface area (Å²) >= 11 is 0. The quantitative estimate of drug-likeness (QED) is 0.498. The van der Waals surface area contributed by atoms with Crippen LogP contribution >= 0.6 is 0 Å². The molecular weight excluding hydrogens is 134 g/mol. The van der Waals surface area contributed by atoms with E-state index in [9.17, 15) is 4.79 Å². The molecule has 4 heteroatoms. The fourth-order valence-corrected chi connectivity index (χ4v) is 0.928. The van der Waals surface area contributed by atoms with Crippen LogP contribution in [0.15, 0.2) is 0 Å². The first-order valence-corrected chi connectivity index (χ1v) is 3.30. The first kappa shape index (κ1) is 7.65. The van der Waals surface area contributed by atoms with Crippen molar-refractivity contribution in [2.45, 2.75) is 6.23 Å². The van der Waals surface area contributed by atoms with Gasteiger partial charge in [0.1, 0.15) is 0 Å². The Kier molecular flexibility index (Phi) is 2.80. The number of hydrogen-bond acceptors (Lipinski definition) is 4. The number of ether oxygens (including phenoxy) is 1. The number of aliphatic hydroxyl groups is 1. The van der Waals surface area contributed by atoms with Crippen molar-refractivity contribution in [1.29, 1.82) is 0 Å². The van der Waals surface area contributed by atoms with E-state index >= 15 is 0 Å². The van der Waals surface area contributed by atoms with Crippen molar-refractivity contribution in [3.05, 3.63) is 0 Å². The van der Waals surface area contributed by atoms with Gasteiger partial charge in [-0.25, -0.2) is 0 Å². The van der Waals surface area contributed by atoms with E-state index in [2.05, 4.69) is 0 Å². The van der Waals surface area contributed by atoms with Crippen molar-refractivity contribution >= 4 is 6.29 Å². The fourth-order valence-electron chi connectivity index (χ4n) is 0.928. The molecule has 0 aromatic carbocycles. The van der Waals surface area contributed by atoms with Crippen molar-refractivity contribution in [2.75, 3.05) is 26.3 Å². The summed E-state index contributed by atoms with van der Waals surface area (Å²) in [6.45, 7) is 2.48. The SMILES string of the molecule is O=CC(O)N1CCOCC1. The molecule has 1 rings (SSSR count). The average molecular weight is 145 g/mol. The zero-order chi connectivity index (χ0) is 7.40. The summed E-state index contributed by atoms with van der Waals surface area (Å²) in [6.07, 6.45) is -0.408. The number of carbonyl (C=O) groups excluding carboxylic acids is 1. The third-order valence-electron chi connectivity index (χ3n) is 1.54. The first-order valence-electron chi connectivity index (χ1n) is 3.30. The van der Waals surface area contributed by atoms with E-state index in [0.29, 0.717) is 32.6 Å². The highest BCUT2D eigenvalue weighted by Gasteiger charge is 2.16. The Morgan fingerprint density at radius 2 is 2.10 bits per heavy atom. The van der Waals surface area contributed by atoms with E-state index < -0.39 is 6.23 Å². The van der Waals surface area contributed by atoms with Crippen LogP contribution in [0.1, 0.15) is 0 Å². The standard InChI is InChI=1S/C6H11NO3/c8-5-6(9)7-1-3-10-4-2-7/h5-6,9H,1-4H2. The highest BCUT2D eigenvalue weighted by Crippen LogP contribution is 1.98. The molecule has 1 N–H and O–H groups in total. The van der Waals surface area contributed by atoms with E-state index in [-0.39, 0.29) is 0 Å². The minimum Gasteiger partial charge on any atom is -0.379 e. The Morgan fingerprint density at radius 3 is 2.60 bits per heavy atom. The van der Waals surface area contributed by atoms with E-state index in [4.69, 9.17) is 9.84 Å². The Labute approximate surface area is 59.4 Å². The summed E-state index contributed by atoms with van der Waals surface area (Å²) in [5.41, 5.74) is 0. The smallest absolute Gasteiger partial charge is 0.164 e. The van der Waals surface area contributed by atoms with Gasteiger partial charge in [0.2, 0.25) is 0 Å². The Balaban J connectivity index is 2.30. The van der Waals surface area contributed by atoms with Gasteiger partial charge >= 0.3 is 0 Å². The van der Waals surface area contributed by atoms with Gasteiger partial charge in [0.15, 0.2) is 12.5 Å². The molecule has 1 aliphatic rings. The van der Waals surface area contributed by atoms with Gasteiger partial charge in [-0.05, 0) is 0 Å². The normalized spacial score (nSPS) is 24.1. The van der Waals surface area contributed by atoms with Crippen LogP contribution in [-0.4, -0.2) is 48.8 Å². The maximum atomic E-state index is 10.1. The molecule has 0 bridgehead atoms. The number of rotatable bonds is 2. The number of aldehydes is 1. The Bertz CT molecular complexity index is 112. The summed E-state index contributed by atoms with van der Waals surface area (Å²) in [5, 5.41) is 8.98. The molecule has 0 spiro atoms. The van der Waals surface area contributed by atoms with Crippen LogP contribution in [0.5, 0.6) is 0 Å². The molecule has 58 valence electrons. The van der Waals surface area contributed by atoms with Gasteiger partial charge in [0, 0.05) is 13.1 Å². The minimum atomic E-state index is -0.941. The monoisotopic (exact) mass is 145 g/mol. The molecule has 1 atom stereocenters. The summed E-state index contributed by atoms with van der Waals surface area (Å²) in [5.74, 6) is 0. The second-order valence-corrected chi connectivity index (χ2v) is 2.20. The van der Waals surface area contributed by atoms with Crippen LogP contribution in [0, 0.1) is 0 Å². The van der Waals surface area contributed by atoms with Crippen molar-refractivity contribution < 1.29 is 14.6 Å². The predicted octanol–water partition coefficient (Wildman–Crippen LogP) is -1.16. The largest absolute Gasteiger partial charge is 0.379 e. The van der Waals surface area contributed by atoms with Gasteiger partial charge in [-0.2, -0.15) is 0 Å². The molecule has 1 heterocycles. The van der Waals surface area contributed by atoms with Gasteiger partial charge in [-0.15, -0.1) is 0 Å². The molecule has 4 nitrogen and oxygen atoms in total. The van der Waals surface area contributed by atoms with Crippen LogP contribution < -0.4 is 0 Å². The second-order valence-electron chi connectivity index (χ2n) is 2.20. The Morgan fingerprint density at radius 1 is 1.50 bits per heavy atom. The van der Waals surface area contributed by atoms with Crippen LogP contribution in [0.25, 0.3) is 0 Å². The molecule has 10 heavy (non-hydrogen) atoms. The Hall–Kier alpha value is -0.450. The van der Waals surface area contributed by atoms with Gasteiger partial charge in [-0.1, -0.05) is 0 Å². The lowest BCUT2D eigenvalue weighted by Crippen LogP contribution is -2.44. The van der Waals surface area contributed by atoms with Gasteiger partial charge in [-0.3, -0.25) is 9.69 Å². The van der Waals surface area contributed by atoms with Crippen LogP contribution in [0.3, 0.4) is 0 Å². The molecule has 0 aliphatic carbocycles. The molecule has 1 saturated heterocycles. The van der Waals surface area contributed by atoms with Crippen LogP contribution in [0.4, 0.5) is 0 Å². The number of aliphatic hydroxyl groups excluding tert-OH is 1. The number of hydrogen-bond donors (Lipinski definition) is 1.